The van der Waals surface area contributed by atoms with Gasteiger partial charge in [0.1, 0.15) is 11.5 Å². The maximum Gasteiger partial charge on any atom is 0.280 e. The Labute approximate surface area is 133 Å². The average molecular weight is 321 g/mol. The molecule has 116 valence electrons. The summed E-state index contributed by atoms with van der Waals surface area (Å²) in [5.74, 6) is 0.794. The van der Waals surface area contributed by atoms with E-state index in [0.29, 0.717) is 16.5 Å². The predicted molar refractivity (Wildman–Crippen MR) is 85.5 cm³/mol. The van der Waals surface area contributed by atoms with Crippen LogP contribution in [-0.4, -0.2) is 18.2 Å². The van der Waals surface area contributed by atoms with Gasteiger partial charge in [-0.05, 0) is 56.2 Å². The zero-order valence-corrected chi connectivity index (χ0v) is 13.3. The van der Waals surface area contributed by atoms with Crippen LogP contribution in [0.25, 0.3) is 0 Å². The lowest BCUT2D eigenvalue weighted by molar-refractivity contribution is -0.127. The van der Waals surface area contributed by atoms with E-state index in [0.717, 1.165) is 11.1 Å². The number of furan rings is 1. The molecule has 0 saturated heterocycles. The second-order valence-corrected chi connectivity index (χ2v) is 5.26. The number of hydrogen-bond acceptors (Lipinski definition) is 4. The third kappa shape index (κ3) is 4.11. The third-order valence-electron chi connectivity index (χ3n) is 3.00. The highest BCUT2D eigenvalue weighted by molar-refractivity contribution is 6.32. The number of nitrogens with one attached hydrogen (secondary N) is 1. The van der Waals surface area contributed by atoms with E-state index in [1.807, 2.05) is 13.8 Å². The van der Waals surface area contributed by atoms with Crippen molar-refractivity contribution in [2.45, 2.75) is 26.9 Å². The topological polar surface area (TPSA) is 63.8 Å². The fourth-order valence-corrected chi connectivity index (χ4v) is 1.96. The van der Waals surface area contributed by atoms with Crippen LogP contribution in [0.4, 0.5) is 0 Å². The summed E-state index contributed by atoms with van der Waals surface area (Å²) >= 11 is 6.10. The monoisotopic (exact) mass is 320 g/mol. The molecule has 2 rings (SSSR count). The van der Waals surface area contributed by atoms with Gasteiger partial charge in [0.25, 0.3) is 5.91 Å². The molecule has 0 aliphatic carbocycles. The second kappa shape index (κ2) is 7.13. The van der Waals surface area contributed by atoms with Crippen molar-refractivity contribution in [1.29, 1.82) is 0 Å². The van der Waals surface area contributed by atoms with Crippen LogP contribution in [0, 0.1) is 13.8 Å². The number of rotatable bonds is 5. The molecule has 0 radical (unpaired) electrons. The summed E-state index contributed by atoms with van der Waals surface area (Å²) in [6.45, 7) is 5.43. The van der Waals surface area contributed by atoms with E-state index in [4.69, 9.17) is 20.8 Å². The van der Waals surface area contributed by atoms with Gasteiger partial charge in [-0.3, -0.25) is 4.79 Å². The van der Waals surface area contributed by atoms with Gasteiger partial charge in [0.15, 0.2) is 6.10 Å². The molecule has 0 aliphatic rings. The van der Waals surface area contributed by atoms with E-state index in [1.165, 1.54) is 12.5 Å². The number of hydrazone groups is 1. The van der Waals surface area contributed by atoms with Gasteiger partial charge in [0, 0.05) is 5.02 Å². The Morgan fingerprint density at radius 3 is 2.68 bits per heavy atom. The number of amides is 1. The van der Waals surface area contributed by atoms with Crippen LogP contribution in [0.3, 0.4) is 0 Å². The molecule has 1 amide bonds. The van der Waals surface area contributed by atoms with Crippen molar-refractivity contribution in [2.24, 2.45) is 5.10 Å². The number of carbonyl (C=O) groups excluding carboxylic acids is 1. The van der Waals surface area contributed by atoms with Gasteiger partial charge in [0.05, 0.1) is 12.5 Å². The number of carbonyl (C=O) groups is 1. The lowest BCUT2D eigenvalue weighted by Crippen LogP contribution is -2.33. The number of hydrogen-bond donors (Lipinski definition) is 1. The minimum atomic E-state index is -0.686. The number of nitrogens with zero attached hydrogens (tertiary/aromatic N) is 1. The largest absolute Gasteiger partial charge is 0.481 e. The summed E-state index contributed by atoms with van der Waals surface area (Å²) in [4.78, 5) is 11.9. The summed E-state index contributed by atoms with van der Waals surface area (Å²) in [6.07, 6.45) is 2.26. The standard InChI is InChI=1S/C16H17ClN2O3/c1-10-7-14(8-11(2)15(10)17)22-12(3)16(20)19-18-9-13-5-4-6-21-13/h4-9,12H,1-3H3,(H,19,20)/b18-9+. The highest BCUT2D eigenvalue weighted by atomic mass is 35.5. The molecule has 1 atom stereocenters. The normalized spacial score (nSPS) is 12.4. The number of halogens is 1. The molecule has 0 saturated carbocycles. The number of ether oxygens (including phenoxy) is 1. The molecule has 0 bridgehead atoms. The Bertz CT molecular complexity index is 658. The molecular weight excluding hydrogens is 304 g/mol. The molecule has 1 N–H and O–H groups in total. The molecule has 1 heterocycles. The SMILES string of the molecule is Cc1cc(OC(C)C(=O)N/N=C/c2ccco2)cc(C)c1Cl. The van der Waals surface area contributed by atoms with Crippen molar-refractivity contribution in [3.8, 4) is 5.75 Å². The maximum absolute atomic E-state index is 11.9. The Morgan fingerprint density at radius 1 is 1.41 bits per heavy atom. The Kier molecular flexibility index (Phi) is 5.22. The van der Waals surface area contributed by atoms with Crippen LogP contribution in [0.15, 0.2) is 40.0 Å². The van der Waals surface area contributed by atoms with Crippen molar-refractivity contribution in [1.82, 2.24) is 5.43 Å². The molecule has 1 aromatic heterocycles. The van der Waals surface area contributed by atoms with Crippen LogP contribution in [0.2, 0.25) is 5.02 Å². The van der Waals surface area contributed by atoms with Crippen molar-refractivity contribution in [2.75, 3.05) is 0 Å². The van der Waals surface area contributed by atoms with E-state index in [-0.39, 0.29) is 5.91 Å². The molecule has 0 fully saturated rings. The van der Waals surface area contributed by atoms with Gasteiger partial charge < -0.3 is 9.15 Å². The van der Waals surface area contributed by atoms with Gasteiger partial charge >= 0.3 is 0 Å². The molecule has 1 aromatic carbocycles. The molecule has 6 heteroatoms. The van der Waals surface area contributed by atoms with E-state index in [2.05, 4.69) is 10.5 Å². The minimum absolute atomic E-state index is 0.354. The summed E-state index contributed by atoms with van der Waals surface area (Å²) < 4.78 is 10.7. The number of benzene rings is 1. The maximum atomic E-state index is 11.9. The third-order valence-corrected chi connectivity index (χ3v) is 3.60. The molecule has 0 spiro atoms. The lowest BCUT2D eigenvalue weighted by Gasteiger charge is -2.14. The van der Waals surface area contributed by atoms with E-state index in [9.17, 15) is 4.79 Å². The first-order valence-corrected chi connectivity index (χ1v) is 7.15. The fraction of sp³-hybridized carbons (Fsp3) is 0.250. The van der Waals surface area contributed by atoms with Gasteiger partial charge in [-0.15, -0.1) is 0 Å². The van der Waals surface area contributed by atoms with Crippen LogP contribution < -0.4 is 10.2 Å². The first-order valence-electron chi connectivity index (χ1n) is 6.77. The smallest absolute Gasteiger partial charge is 0.280 e. The molecule has 5 nitrogen and oxygen atoms in total. The van der Waals surface area contributed by atoms with Crippen molar-refractivity contribution < 1.29 is 13.9 Å². The molecule has 0 aliphatic heterocycles. The van der Waals surface area contributed by atoms with E-state index in [1.54, 1.807) is 31.2 Å². The molecule has 1 unspecified atom stereocenters. The van der Waals surface area contributed by atoms with Crippen molar-refractivity contribution in [3.05, 3.63) is 52.4 Å². The quantitative estimate of drug-likeness (QED) is 0.677. The highest BCUT2D eigenvalue weighted by Gasteiger charge is 2.15. The Morgan fingerprint density at radius 2 is 2.09 bits per heavy atom. The molecule has 2 aromatic rings. The Balaban J connectivity index is 1.94. The second-order valence-electron chi connectivity index (χ2n) is 4.88. The van der Waals surface area contributed by atoms with E-state index < -0.39 is 6.10 Å². The van der Waals surface area contributed by atoms with Gasteiger partial charge in [-0.1, -0.05) is 11.6 Å². The first kappa shape index (κ1) is 16.1. The van der Waals surface area contributed by atoms with Crippen LogP contribution >= 0.6 is 11.6 Å². The highest BCUT2D eigenvalue weighted by Crippen LogP contribution is 2.26. The summed E-state index contributed by atoms with van der Waals surface area (Å²) in [6, 6.07) is 7.06. The minimum Gasteiger partial charge on any atom is -0.481 e. The van der Waals surface area contributed by atoms with Crippen LogP contribution in [-0.2, 0) is 4.79 Å². The Hall–Kier alpha value is -2.27. The number of aryl methyl sites for hydroxylation is 2. The zero-order valence-electron chi connectivity index (χ0n) is 12.6. The van der Waals surface area contributed by atoms with Crippen LogP contribution in [0.5, 0.6) is 5.75 Å². The lowest BCUT2D eigenvalue weighted by atomic mass is 10.1. The first-order chi connectivity index (χ1) is 10.5. The van der Waals surface area contributed by atoms with Gasteiger partial charge in [-0.25, -0.2) is 5.43 Å². The summed E-state index contributed by atoms with van der Waals surface area (Å²) in [5.41, 5.74) is 4.21. The molecule has 22 heavy (non-hydrogen) atoms. The average Bonchev–Trinajstić information content (AvgIpc) is 2.97. The van der Waals surface area contributed by atoms with Gasteiger partial charge in [-0.2, -0.15) is 5.10 Å². The zero-order chi connectivity index (χ0) is 16.1. The van der Waals surface area contributed by atoms with Gasteiger partial charge in [0.2, 0.25) is 0 Å². The van der Waals surface area contributed by atoms with Crippen LogP contribution in [0.1, 0.15) is 23.8 Å². The van der Waals surface area contributed by atoms with Crippen molar-refractivity contribution >= 4 is 23.7 Å². The summed E-state index contributed by atoms with van der Waals surface area (Å²) in [5, 5.41) is 4.51. The summed E-state index contributed by atoms with van der Waals surface area (Å²) in [7, 11) is 0. The predicted octanol–water partition coefficient (Wildman–Crippen LogP) is 3.47. The molecular formula is C16H17ClN2O3. The fourth-order valence-electron chi connectivity index (χ4n) is 1.85. The van der Waals surface area contributed by atoms with Crippen molar-refractivity contribution in [3.63, 3.8) is 0 Å². The van der Waals surface area contributed by atoms with E-state index >= 15 is 0 Å².